The second-order valence-electron chi connectivity index (χ2n) is 7.68. The maximum absolute atomic E-state index is 10.7. The molecule has 0 amide bonds. The van der Waals surface area contributed by atoms with Gasteiger partial charge in [0.15, 0.2) is 0 Å². The summed E-state index contributed by atoms with van der Waals surface area (Å²) < 4.78 is 0. The summed E-state index contributed by atoms with van der Waals surface area (Å²) in [6.07, 6.45) is 1.17. The maximum atomic E-state index is 10.7. The topological polar surface area (TPSA) is 80.9 Å². The minimum absolute atomic E-state index is 0.262. The van der Waals surface area contributed by atoms with Gasteiger partial charge in [-0.1, -0.05) is 6.92 Å². The summed E-state index contributed by atoms with van der Waals surface area (Å²) in [6, 6.07) is 0. The van der Waals surface area contributed by atoms with E-state index in [2.05, 4.69) is 0 Å². The molecule has 0 spiro atoms. The molecule has 0 aromatic rings. The van der Waals surface area contributed by atoms with E-state index in [0.29, 0.717) is 19.3 Å². The molecule has 6 atom stereocenters. The second-order valence-corrected chi connectivity index (χ2v) is 7.68. The zero-order valence-electron chi connectivity index (χ0n) is 12.4. The van der Waals surface area contributed by atoms with Crippen molar-refractivity contribution in [1.29, 1.82) is 0 Å². The number of fused-ring (bicyclic) bond motifs is 1. The van der Waals surface area contributed by atoms with Gasteiger partial charge in [-0.25, -0.2) is 0 Å². The highest BCUT2D eigenvalue weighted by Gasteiger charge is 2.60. The van der Waals surface area contributed by atoms with Crippen LogP contribution in [-0.2, 0) is 0 Å². The Balaban J connectivity index is 2.37. The van der Waals surface area contributed by atoms with Crippen LogP contribution in [0.5, 0.6) is 0 Å². The van der Waals surface area contributed by atoms with Crippen LogP contribution < -0.4 is 0 Å². The molecule has 4 N–H and O–H groups in total. The molecule has 1 unspecified atom stereocenters. The lowest BCUT2D eigenvalue weighted by Gasteiger charge is -2.59. The van der Waals surface area contributed by atoms with E-state index in [1.807, 2.05) is 6.92 Å². The molecule has 2 fully saturated rings. The number of aliphatic hydroxyl groups is 4. The highest BCUT2D eigenvalue weighted by molar-refractivity contribution is 5.10. The quantitative estimate of drug-likeness (QED) is 0.575. The van der Waals surface area contributed by atoms with E-state index in [-0.39, 0.29) is 5.92 Å². The predicted molar refractivity (Wildman–Crippen MR) is 72.5 cm³/mol. The second kappa shape index (κ2) is 4.42. The summed E-state index contributed by atoms with van der Waals surface area (Å²) in [5, 5.41) is 41.9. The van der Waals surface area contributed by atoms with Crippen LogP contribution in [0.1, 0.15) is 53.4 Å². The number of hydrogen-bond donors (Lipinski definition) is 4. The van der Waals surface area contributed by atoms with E-state index in [1.165, 1.54) is 0 Å². The first kappa shape index (κ1) is 15.2. The first-order chi connectivity index (χ1) is 8.50. The Morgan fingerprint density at radius 3 is 2.16 bits per heavy atom. The highest BCUT2D eigenvalue weighted by Crippen LogP contribution is 2.56. The molecule has 2 aliphatic carbocycles. The van der Waals surface area contributed by atoms with Gasteiger partial charge in [0.05, 0.1) is 23.4 Å². The molecule has 19 heavy (non-hydrogen) atoms. The molecule has 0 heterocycles. The molecule has 4 nitrogen and oxygen atoms in total. The fourth-order valence-corrected chi connectivity index (χ4v) is 4.55. The third-order valence-electron chi connectivity index (χ3n) is 5.72. The summed E-state index contributed by atoms with van der Waals surface area (Å²) in [4.78, 5) is 0. The van der Waals surface area contributed by atoms with Crippen molar-refractivity contribution in [3.05, 3.63) is 0 Å². The SMILES string of the molecule is CC(C)(O)[C@@H]1CC[C@]2(C)C([C@@H]1O)[C@@](C)(O)CC[C@H]2O. The van der Waals surface area contributed by atoms with Gasteiger partial charge in [0.2, 0.25) is 0 Å². The highest BCUT2D eigenvalue weighted by atomic mass is 16.3. The van der Waals surface area contributed by atoms with Gasteiger partial charge in [-0.15, -0.1) is 0 Å². The maximum Gasteiger partial charge on any atom is 0.0679 e. The van der Waals surface area contributed by atoms with Gasteiger partial charge in [0, 0.05) is 17.3 Å². The number of aliphatic hydroxyl groups excluding tert-OH is 2. The molecule has 0 bridgehead atoms. The van der Waals surface area contributed by atoms with E-state index >= 15 is 0 Å². The van der Waals surface area contributed by atoms with Crippen molar-refractivity contribution in [3.63, 3.8) is 0 Å². The Morgan fingerprint density at radius 1 is 1.05 bits per heavy atom. The standard InChI is InChI=1S/C15H28O4/c1-13(2,18)9-5-7-14(3)10(16)6-8-15(4,19)12(14)11(9)17/h9-12,16-19H,5-8H2,1-4H3/t9-,10-,11-,12?,14+,15+/m1/s1. The lowest BCUT2D eigenvalue weighted by molar-refractivity contribution is -0.232. The molecule has 0 aromatic carbocycles. The lowest BCUT2D eigenvalue weighted by Crippen LogP contribution is -2.64. The van der Waals surface area contributed by atoms with E-state index in [4.69, 9.17) is 0 Å². The normalized spacial score (nSPS) is 51.8. The van der Waals surface area contributed by atoms with Crippen molar-refractivity contribution in [1.82, 2.24) is 0 Å². The third-order valence-corrected chi connectivity index (χ3v) is 5.72. The molecular formula is C15H28O4. The molecule has 2 saturated carbocycles. The Bertz CT molecular complexity index is 347. The average Bonchev–Trinajstić information content (AvgIpc) is 2.22. The summed E-state index contributed by atoms with van der Waals surface area (Å²) in [6.45, 7) is 7.12. The van der Waals surface area contributed by atoms with Crippen LogP contribution in [0.4, 0.5) is 0 Å². The lowest BCUT2D eigenvalue weighted by atomic mass is 9.50. The fraction of sp³-hybridized carbons (Fsp3) is 1.00. The predicted octanol–water partition coefficient (Wildman–Crippen LogP) is 1.06. The number of hydrogen-bond acceptors (Lipinski definition) is 4. The van der Waals surface area contributed by atoms with E-state index in [1.54, 1.807) is 20.8 Å². The van der Waals surface area contributed by atoms with Crippen LogP contribution in [-0.4, -0.2) is 43.8 Å². The molecule has 4 heteroatoms. The third kappa shape index (κ3) is 2.33. The van der Waals surface area contributed by atoms with Crippen molar-refractivity contribution in [2.75, 3.05) is 0 Å². The van der Waals surface area contributed by atoms with Crippen molar-refractivity contribution in [3.8, 4) is 0 Å². The van der Waals surface area contributed by atoms with Crippen molar-refractivity contribution < 1.29 is 20.4 Å². The minimum atomic E-state index is -0.989. The molecule has 2 aliphatic rings. The Kier molecular flexibility index (Phi) is 3.54. The van der Waals surface area contributed by atoms with E-state index < -0.39 is 34.7 Å². The van der Waals surface area contributed by atoms with Crippen molar-refractivity contribution in [2.24, 2.45) is 17.3 Å². The molecule has 0 aromatic heterocycles. The molecule has 0 radical (unpaired) electrons. The van der Waals surface area contributed by atoms with Crippen LogP contribution in [0.3, 0.4) is 0 Å². The fourth-order valence-electron chi connectivity index (χ4n) is 4.55. The molecule has 0 saturated heterocycles. The Morgan fingerprint density at radius 2 is 1.63 bits per heavy atom. The van der Waals surface area contributed by atoms with E-state index in [0.717, 1.165) is 6.42 Å². The van der Waals surface area contributed by atoms with Crippen molar-refractivity contribution >= 4 is 0 Å². The van der Waals surface area contributed by atoms with Gasteiger partial charge in [-0.3, -0.25) is 0 Å². The van der Waals surface area contributed by atoms with Crippen LogP contribution in [0.2, 0.25) is 0 Å². The minimum Gasteiger partial charge on any atom is -0.393 e. The summed E-state index contributed by atoms with van der Waals surface area (Å²) in [7, 11) is 0. The van der Waals surface area contributed by atoms with Gasteiger partial charge >= 0.3 is 0 Å². The first-order valence-electron chi connectivity index (χ1n) is 7.31. The van der Waals surface area contributed by atoms with Gasteiger partial charge in [-0.05, 0) is 46.5 Å². The first-order valence-corrected chi connectivity index (χ1v) is 7.31. The summed E-state index contributed by atoms with van der Waals surface area (Å²) in [5.41, 5.74) is -2.43. The van der Waals surface area contributed by atoms with Gasteiger partial charge in [0.25, 0.3) is 0 Å². The summed E-state index contributed by atoms with van der Waals surface area (Å²) >= 11 is 0. The van der Waals surface area contributed by atoms with Crippen LogP contribution >= 0.6 is 0 Å². The zero-order valence-corrected chi connectivity index (χ0v) is 12.4. The molecule has 2 rings (SSSR count). The van der Waals surface area contributed by atoms with Gasteiger partial charge < -0.3 is 20.4 Å². The van der Waals surface area contributed by atoms with Crippen LogP contribution in [0, 0.1) is 17.3 Å². The zero-order chi connectivity index (χ0) is 14.6. The molecular weight excluding hydrogens is 244 g/mol. The molecule has 112 valence electrons. The monoisotopic (exact) mass is 272 g/mol. The smallest absolute Gasteiger partial charge is 0.0679 e. The summed E-state index contributed by atoms with van der Waals surface area (Å²) in [5.74, 6) is -0.656. The van der Waals surface area contributed by atoms with E-state index in [9.17, 15) is 20.4 Å². The molecule has 0 aliphatic heterocycles. The largest absolute Gasteiger partial charge is 0.393 e. The Labute approximate surface area is 115 Å². The van der Waals surface area contributed by atoms with Gasteiger partial charge in [0.1, 0.15) is 0 Å². The van der Waals surface area contributed by atoms with Crippen molar-refractivity contribution in [2.45, 2.75) is 76.8 Å². The van der Waals surface area contributed by atoms with Crippen LogP contribution in [0.15, 0.2) is 0 Å². The Hall–Kier alpha value is -0.160. The van der Waals surface area contributed by atoms with Gasteiger partial charge in [-0.2, -0.15) is 0 Å². The number of rotatable bonds is 1. The average molecular weight is 272 g/mol. The van der Waals surface area contributed by atoms with Crippen LogP contribution in [0.25, 0.3) is 0 Å².